The van der Waals surface area contributed by atoms with Crippen LogP contribution in [0, 0.1) is 12.3 Å². The molecule has 1 aliphatic carbocycles. The Balaban J connectivity index is 1.47. The number of hydrogen-bond acceptors (Lipinski definition) is 3. The molecule has 4 rings (SSSR count). The summed E-state index contributed by atoms with van der Waals surface area (Å²) in [6.45, 7) is 10.2. The standard InChI is InChI=1S/C25H33Cl2N3OS/c1-17-15-18(16-28-23(17)19-7-5-8-20(26)22(19)27)30-13-11-25(12-14-30)10-6-9-21(25)29-32(31)24(2,3)4/h5,7-8,15-16,21,29H,6,9-14H2,1-4H3/t21-,32-/m1/s1. The molecule has 0 radical (unpaired) electrons. The smallest absolute Gasteiger partial charge is 0.0972 e. The van der Waals surface area contributed by atoms with E-state index in [4.69, 9.17) is 28.2 Å². The van der Waals surface area contributed by atoms with Crippen molar-refractivity contribution >= 4 is 39.9 Å². The SMILES string of the molecule is Cc1cc(N2CCC3(CCC[C@H]3N[S@](=O)C(C)(C)C)CC2)cnc1-c1cccc(Cl)c1Cl. The van der Waals surface area contributed by atoms with Gasteiger partial charge in [0.15, 0.2) is 0 Å². The van der Waals surface area contributed by atoms with Crippen molar-refractivity contribution in [1.82, 2.24) is 9.71 Å². The van der Waals surface area contributed by atoms with Crippen LogP contribution in [-0.4, -0.2) is 33.1 Å². The van der Waals surface area contributed by atoms with Crippen molar-refractivity contribution in [2.75, 3.05) is 18.0 Å². The molecule has 1 aliphatic heterocycles. The molecule has 0 amide bonds. The van der Waals surface area contributed by atoms with E-state index in [0.29, 0.717) is 16.1 Å². The summed E-state index contributed by atoms with van der Waals surface area (Å²) in [7, 11) is -1.02. The zero-order chi connectivity index (χ0) is 23.1. The van der Waals surface area contributed by atoms with Gasteiger partial charge in [0.25, 0.3) is 0 Å². The van der Waals surface area contributed by atoms with Gasteiger partial charge in [-0.3, -0.25) is 4.98 Å². The first-order valence-electron chi connectivity index (χ1n) is 11.4. The quantitative estimate of drug-likeness (QED) is 0.524. The van der Waals surface area contributed by atoms with Crippen LogP contribution in [-0.2, 0) is 11.0 Å². The molecule has 0 unspecified atom stereocenters. The average Bonchev–Trinajstić information content (AvgIpc) is 3.12. The lowest BCUT2D eigenvalue weighted by Gasteiger charge is -2.44. The molecule has 1 N–H and O–H groups in total. The molecule has 1 saturated heterocycles. The molecule has 2 fully saturated rings. The Morgan fingerprint density at radius 3 is 2.56 bits per heavy atom. The van der Waals surface area contributed by atoms with Crippen molar-refractivity contribution in [2.24, 2.45) is 5.41 Å². The molecule has 1 spiro atoms. The number of anilines is 1. The molecule has 1 saturated carbocycles. The number of pyridine rings is 1. The van der Waals surface area contributed by atoms with E-state index in [1.807, 2.05) is 39.1 Å². The molecule has 2 aliphatic rings. The van der Waals surface area contributed by atoms with Crippen LogP contribution in [0.25, 0.3) is 11.3 Å². The van der Waals surface area contributed by atoms with Gasteiger partial charge in [-0.2, -0.15) is 0 Å². The summed E-state index contributed by atoms with van der Waals surface area (Å²) in [6.07, 6.45) is 7.76. The second kappa shape index (κ2) is 9.25. The van der Waals surface area contributed by atoms with Crippen LogP contribution in [0.15, 0.2) is 30.5 Å². The van der Waals surface area contributed by atoms with E-state index >= 15 is 0 Å². The number of aromatic nitrogens is 1. The summed E-state index contributed by atoms with van der Waals surface area (Å²) < 4.78 is 16.0. The van der Waals surface area contributed by atoms with Crippen molar-refractivity contribution in [3.8, 4) is 11.3 Å². The molecule has 32 heavy (non-hydrogen) atoms. The Labute approximate surface area is 204 Å². The van der Waals surface area contributed by atoms with E-state index < -0.39 is 11.0 Å². The monoisotopic (exact) mass is 493 g/mol. The van der Waals surface area contributed by atoms with Gasteiger partial charge in [0.1, 0.15) is 0 Å². The predicted octanol–water partition coefficient (Wildman–Crippen LogP) is 6.55. The first kappa shape index (κ1) is 24.0. The van der Waals surface area contributed by atoms with Crippen LogP contribution < -0.4 is 9.62 Å². The lowest BCUT2D eigenvalue weighted by molar-refractivity contribution is 0.188. The van der Waals surface area contributed by atoms with E-state index in [2.05, 4.69) is 22.6 Å². The highest BCUT2D eigenvalue weighted by Gasteiger charge is 2.46. The summed E-state index contributed by atoms with van der Waals surface area (Å²) in [4.78, 5) is 7.19. The Morgan fingerprint density at radius 1 is 1.19 bits per heavy atom. The first-order chi connectivity index (χ1) is 15.1. The normalized spacial score (nSPS) is 21.8. The van der Waals surface area contributed by atoms with E-state index in [1.54, 1.807) is 6.07 Å². The fourth-order valence-electron chi connectivity index (χ4n) is 5.14. The van der Waals surface area contributed by atoms with Gasteiger partial charge in [-0.25, -0.2) is 8.93 Å². The van der Waals surface area contributed by atoms with Crippen molar-refractivity contribution in [2.45, 2.75) is 70.6 Å². The average molecular weight is 495 g/mol. The lowest BCUT2D eigenvalue weighted by Crippen LogP contribution is -2.51. The molecular formula is C25H33Cl2N3OS. The number of piperidine rings is 1. The Bertz CT molecular complexity index is 1010. The van der Waals surface area contributed by atoms with Gasteiger partial charge < -0.3 is 4.90 Å². The maximum Gasteiger partial charge on any atom is 0.0972 e. The van der Waals surface area contributed by atoms with Gasteiger partial charge in [-0.15, -0.1) is 0 Å². The Kier molecular flexibility index (Phi) is 6.94. The number of benzene rings is 1. The summed E-state index contributed by atoms with van der Waals surface area (Å²) in [5.41, 5.74) is 4.24. The molecule has 4 nitrogen and oxygen atoms in total. The van der Waals surface area contributed by atoms with E-state index in [0.717, 1.165) is 54.9 Å². The van der Waals surface area contributed by atoms with E-state index in [1.165, 1.54) is 12.8 Å². The Hall–Kier alpha value is -1.14. The second-order valence-electron chi connectivity index (χ2n) is 10.3. The van der Waals surface area contributed by atoms with Gasteiger partial charge >= 0.3 is 0 Å². The third-order valence-electron chi connectivity index (χ3n) is 7.11. The highest BCUT2D eigenvalue weighted by atomic mass is 35.5. The summed E-state index contributed by atoms with van der Waals surface area (Å²) >= 11 is 12.6. The van der Waals surface area contributed by atoms with Crippen LogP contribution >= 0.6 is 23.2 Å². The van der Waals surface area contributed by atoms with Crippen LogP contribution in [0.1, 0.15) is 58.4 Å². The van der Waals surface area contributed by atoms with Crippen LogP contribution in [0.5, 0.6) is 0 Å². The minimum absolute atomic E-state index is 0.235. The second-order valence-corrected chi connectivity index (χ2v) is 13.0. The molecule has 2 heterocycles. The van der Waals surface area contributed by atoms with Gasteiger partial charge in [0.05, 0.1) is 43.4 Å². The van der Waals surface area contributed by atoms with E-state index in [9.17, 15) is 4.21 Å². The van der Waals surface area contributed by atoms with E-state index in [-0.39, 0.29) is 10.2 Å². The summed E-state index contributed by atoms with van der Waals surface area (Å²) in [5, 5.41) is 1.09. The topological polar surface area (TPSA) is 45.2 Å². The number of nitrogens with zero attached hydrogens (tertiary/aromatic N) is 2. The Morgan fingerprint density at radius 2 is 1.91 bits per heavy atom. The van der Waals surface area contributed by atoms with Crippen LogP contribution in [0.2, 0.25) is 10.0 Å². The number of aryl methyl sites for hydroxylation is 1. The van der Waals surface area contributed by atoms with Crippen molar-refractivity contribution in [3.63, 3.8) is 0 Å². The minimum atomic E-state index is -1.02. The summed E-state index contributed by atoms with van der Waals surface area (Å²) in [6, 6.07) is 8.21. The fraction of sp³-hybridized carbons (Fsp3) is 0.560. The minimum Gasteiger partial charge on any atom is -0.370 e. The summed E-state index contributed by atoms with van der Waals surface area (Å²) in [5.74, 6) is 0. The molecule has 0 bridgehead atoms. The highest BCUT2D eigenvalue weighted by molar-refractivity contribution is 7.84. The number of hydrogen-bond donors (Lipinski definition) is 1. The number of halogens is 2. The maximum atomic E-state index is 12.7. The lowest BCUT2D eigenvalue weighted by atomic mass is 9.74. The van der Waals surface area contributed by atoms with Crippen molar-refractivity contribution in [1.29, 1.82) is 0 Å². The zero-order valence-corrected chi connectivity index (χ0v) is 21.7. The van der Waals surface area contributed by atoms with Crippen molar-refractivity contribution < 1.29 is 4.21 Å². The molecule has 1 aromatic carbocycles. The third-order valence-corrected chi connectivity index (χ3v) is 9.54. The first-order valence-corrected chi connectivity index (χ1v) is 13.4. The molecule has 2 aromatic rings. The molecular weight excluding hydrogens is 461 g/mol. The number of rotatable bonds is 4. The third kappa shape index (κ3) is 4.72. The molecule has 2 atom stereocenters. The predicted molar refractivity (Wildman–Crippen MR) is 137 cm³/mol. The van der Waals surface area contributed by atoms with Gasteiger partial charge in [-0.05, 0) is 76.5 Å². The zero-order valence-electron chi connectivity index (χ0n) is 19.4. The largest absolute Gasteiger partial charge is 0.370 e. The molecule has 7 heteroatoms. The molecule has 174 valence electrons. The fourth-order valence-corrected chi connectivity index (χ4v) is 6.51. The van der Waals surface area contributed by atoms with Gasteiger partial charge in [0, 0.05) is 24.7 Å². The maximum absolute atomic E-state index is 12.7. The molecule has 1 aromatic heterocycles. The van der Waals surface area contributed by atoms with Crippen molar-refractivity contribution in [3.05, 3.63) is 46.1 Å². The van der Waals surface area contributed by atoms with Gasteiger partial charge in [-0.1, -0.05) is 41.8 Å². The number of nitrogens with one attached hydrogen (secondary N) is 1. The van der Waals surface area contributed by atoms with Crippen LogP contribution in [0.3, 0.4) is 0 Å². The highest BCUT2D eigenvalue weighted by Crippen LogP contribution is 2.47. The van der Waals surface area contributed by atoms with Gasteiger partial charge in [0.2, 0.25) is 0 Å². The van der Waals surface area contributed by atoms with Crippen LogP contribution in [0.4, 0.5) is 5.69 Å².